The van der Waals surface area contributed by atoms with Crippen LogP contribution < -0.4 is 5.32 Å². The van der Waals surface area contributed by atoms with E-state index >= 15 is 0 Å². The monoisotopic (exact) mass is 340 g/mol. The van der Waals surface area contributed by atoms with Gasteiger partial charge in [-0.1, -0.05) is 26.0 Å². The largest absolute Gasteiger partial charge is 0.321 e. The molecule has 1 saturated heterocycles. The van der Waals surface area contributed by atoms with Crippen LogP contribution in [0.5, 0.6) is 0 Å². The minimum absolute atomic E-state index is 0.108. The smallest absolute Gasteiger partial charge is 0.273 e. The Hall–Kier alpha value is -2.14. The summed E-state index contributed by atoms with van der Waals surface area (Å²) in [6, 6.07) is 10.0. The van der Waals surface area contributed by atoms with E-state index in [2.05, 4.69) is 41.3 Å². The van der Waals surface area contributed by atoms with Gasteiger partial charge < -0.3 is 5.32 Å². The molecular formula is C20H28N4O. The molecule has 5 nitrogen and oxygen atoms in total. The molecule has 2 heterocycles. The SMILES string of the molecule is CC(C)Cc1cc(C(=O)Nc2cccc(CN3CCCC3)c2)n(C)n1. The molecule has 0 unspecified atom stereocenters. The van der Waals surface area contributed by atoms with E-state index in [1.165, 1.54) is 31.5 Å². The van der Waals surface area contributed by atoms with Crippen LogP contribution >= 0.6 is 0 Å². The third-order valence-electron chi connectivity index (χ3n) is 4.57. The first kappa shape index (κ1) is 17.7. The number of likely N-dealkylation sites (tertiary alicyclic amines) is 1. The van der Waals surface area contributed by atoms with E-state index in [9.17, 15) is 4.79 Å². The van der Waals surface area contributed by atoms with E-state index in [1.54, 1.807) is 4.68 Å². The first-order valence-corrected chi connectivity index (χ1v) is 9.17. The second kappa shape index (κ2) is 7.83. The van der Waals surface area contributed by atoms with E-state index in [1.807, 2.05) is 25.2 Å². The fourth-order valence-electron chi connectivity index (χ4n) is 3.40. The molecule has 1 fully saturated rings. The molecular weight excluding hydrogens is 312 g/mol. The highest BCUT2D eigenvalue weighted by atomic mass is 16.2. The Morgan fingerprint density at radius 3 is 2.72 bits per heavy atom. The van der Waals surface area contributed by atoms with Crippen molar-refractivity contribution in [3.05, 3.63) is 47.3 Å². The lowest BCUT2D eigenvalue weighted by Crippen LogP contribution is -2.19. The molecule has 1 aromatic carbocycles. The van der Waals surface area contributed by atoms with Crippen molar-refractivity contribution in [1.29, 1.82) is 0 Å². The van der Waals surface area contributed by atoms with Crippen molar-refractivity contribution in [2.24, 2.45) is 13.0 Å². The van der Waals surface area contributed by atoms with Crippen molar-refractivity contribution >= 4 is 11.6 Å². The second-order valence-electron chi connectivity index (χ2n) is 7.38. The van der Waals surface area contributed by atoms with E-state index in [0.717, 1.165) is 24.3 Å². The van der Waals surface area contributed by atoms with Gasteiger partial charge >= 0.3 is 0 Å². The van der Waals surface area contributed by atoms with Crippen LogP contribution in [0, 0.1) is 5.92 Å². The number of nitrogens with one attached hydrogen (secondary N) is 1. The van der Waals surface area contributed by atoms with Gasteiger partial charge in [-0.2, -0.15) is 5.10 Å². The molecule has 3 rings (SSSR count). The molecule has 0 atom stereocenters. The van der Waals surface area contributed by atoms with E-state index in [4.69, 9.17) is 0 Å². The molecule has 0 radical (unpaired) electrons. The highest BCUT2D eigenvalue weighted by molar-refractivity contribution is 6.03. The highest BCUT2D eigenvalue weighted by Gasteiger charge is 2.15. The Morgan fingerprint density at radius 2 is 2.00 bits per heavy atom. The molecule has 1 amide bonds. The maximum atomic E-state index is 12.6. The van der Waals surface area contributed by atoms with Crippen LogP contribution in [0.2, 0.25) is 0 Å². The van der Waals surface area contributed by atoms with Crippen molar-refractivity contribution in [3.63, 3.8) is 0 Å². The van der Waals surface area contributed by atoms with Gasteiger partial charge in [-0.15, -0.1) is 0 Å². The summed E-state index contributed by atoms with van der Waals surface area (Å²) in [5.74, 6) is 0.413. The van der Waals surface area contributed by atoms with Gasteiger partial charge in [0.2, 0.25) is 0 Å². The summed E-state index contributed by atoms with van der Waals surface area (Å²) in [4.78, 5) is 15.1. The zero-order valence-corrected chi connectivity index (χ0v) is 15.5. The molecule has 25 heavy (non-hydrogen) atoms. The molecule has 1 N–H and O–H groups in total. The van der Waals surface area contributed by atoms with E-state index < -0.39 is 0 Å². The van der Waals surface area contributed by atoms with Crippen LogP contribution in [0.25, 0.3) is 0 Å². The predicted molar refractivity (Wildman–Crippen MR) is 101 cm³/mol. The third kappa shape index (κ3) is 4.69. The number of hydrogen-bond acceptors (Lipinski definition) is 3. The standard InChI is InChI=1S/C20H28N4O/c1-15(2)11-18-13-19(23(3)22-18)20(25)21-17-8-6-7-16(12-17)14-24-9-4-5-10-24/h6-8,12-13,15H,4-5,9-11,14H2,1-3H3,(H,21,25). The van der Waals surface area contributed by atoms with Crippen LogP contribution in [-0.4, -0.2) is 33.7 Å². The summed E-state index contributed by atoms with van der Waals surface area (Å²) < 4.78 is 1.67. The van der Waals surface area contributed by atoms with Gasteiger partial charge in [-0.3, -0.25) is 14.4 Å². The quantitative estimate of drug-likeness (QED) is 0.876. The molecule has 1 aliphatic heterocycles. The Bertz CT molecular complexity index is 729. The number of amides is 1. The van der Waals surface area contributed by atoms with Crippen LogP contribution in [0.3, 0.4) is 0 Å². The number of carbonyl (C=O) groups is 1. The van der Waals surface area contributed by atoms with Gasteiger partial charge in [0.1, 0.15) is 5.69 Å². The molecule has 0 bridgehead atoms. The molecule has 5 heteroatoms. The Kier molecular flexibility index (Phi) is 5.53. The van der Waals surface area contributed by atoms with Gasteiger partial charge in [0.05, 0.1) is 5.69 Å². The summed E-state index contributed by atoms with van der Waals surface area (Å²) in [5.41, 5.74) is 3.64. The number of aryl methyl sites for hydroxylation is 1. The predicted octanol–water partition coefficient (Wildman–Crippen LogP) is 3.47. The van der Waals surface area contributed by atoms with Crippen molar-refractivity contribution in [2.75, 3.05) is 18.4 Å². The number of aromatic nitrogens is 2. The van der Waals surface area contributed by atoms with Crippen LogP contribution in [0.4, 0.5) is 5.69 Å². The first-order chi connectivity index (χ1) is 12.0. The van der Waals surface area contributed by atoms with E-state index in [-0.39, 0.29) is 5.91 Å². The van der Waals surface area contributed by atoms with Crippen molar-refractivity contribution < 1.29 is 4.79 Å². The van der Waals surface area contributed by atoms with Gasteiger partial charge in [0.25, 0.3) is 5.91 Å². The summed E-state index contributed by atoms with van der Waals surface area (Å²) in [7, 11) is 1.82. The number of carbonyl (C=O) groups excluding carboxylic acids is 1. The summed E-state index contributed by atoms with van der Waals surface area (Å²) in [6.45, 7) is 7.60. The normalized spacial score (nSPS) is 15.0. The topological polar surface area (TPSA) is 50.2 Å². The lowest BCUT2D eigenvalue weighted by Gasteiger charge is -2.15. The zero-order valence-electron chi connectivity index (χ0n) is 15.5. The number of nitrogens with zero attached hydrogens (tertiary/aromatic N) is 3. The van der Waals surface area contributed by atoms with Crippen molar-refractivity contribution in [1.82, 2.24) is 14.7 Å². The summed E-state index contributed by atoms with van der Waals surface area (Å²) in [5, 5.41) is 7.46. The van der Waals surface area contributed by atoms with Crippen molar-refractivity contribution in [3.8, 4) is 0 Å². The Morgan fingerprint density at radius 1 is 1.24 bits per heavy atom. The molecule has 2 aromatic rings. The minimum atomic E-state index is -0.108. The molecule has 1 aromatic heterocycles. The van der Waals surface area contributed by atoms with E-state index in [0.29, 0.717) is 11.6 Å². The number of rotatable bonds is 6. The molecule has 0 saturated carbocycles. The van der Waals surface area contributed by atoms with Gasteiger partial charge in [-0.25, -0.2) is 0 Å². The minimum Gasteiger partial charge on any atom is -0.321 e. The van der Waals surface area contributed by atoms with Gasteiger partial charge in [0.15, 0.2) is 0 Å². The van der Waals surface area contributed by atoms with Crippen LogP contribution in [0.15, 0.2) is 30.3 Å². The van der Waals surface area contributed by atoms with Gasteiger partial charge in [-0.05, 0) is 62.0 Å². The maximum absolute atomic E-state index is 12.6. The highest BCUT2D eigenvalue weighted by Crippen LogP contribution is 2.17. The third-order valence-corrected chi connectivity index (χ3v) is 4.57. The fourth-order valence-corrected chi connectivity index (χ4v) is 3.40. The number of hydrogen-bond donors (Lipinski definition) is 1. The van der Waals surface area contributed by atoms with Crippen LogP contribution in [0.1, 0.15) is 48.4 Å². The van der Waals surface area contributed by atoms with Crippen molar-refractivity contribution in [2.45, 2.75) is 39.7 Å². The maximum Gasteiger partial charge on any atom is 0.273 e. The Balaban J connectivity index is 1.67. The molecule has 0 spiro atoms. The number of anilines is 1. The zero-order chi connectivity index (χ0) is 17.8. The first-order valence-electron chi connectivity index (χ1n) is 9.17. The fraction of sp³-hybridized carbons (Fsp3) is 0.500. The summed E-state index contributed by atoms with van der Waals surface area (Å²) >= 11 is 0. The molecule has 134 valence electrons. The lowest BCUT2D eigenvalue weighted by molar-refractivity contribution is 0.101. The Labute approximate surface area is 150 Å². The second-order valence-corrected chi connectivity index (χ2v) is 7.38. The van der Waals surface area contributed by atoms with Gasteiger partial charge in [0, 0.05) is 19.3 Å². The lowest BCUT2D eigenvalue weighted by atomic mass is 10.1. The summed E-state index contributed by atoms with van der Waals surface area (Å²) in [6.07, 6.45) is 3.46. The average Bonchev–Trinajstić information content (AvgIpc) is 3.17. The molecule has 0 aliphatic carbocycles. The van der Waals surface area contributed by atoms with Crippen LogP contribution in [-0.2, 0) is 20.0 Å². The number of benzene rings is 1. The molecule has 1 aliphatic rings. The average molecular weight is 340 g/mol.